The molecule has 1 aromatic rings. The third kappa shape index (κ3) is 3.54. The van der Waals surface area contributed by atoms with E-state index < -0.39 is 12.0 Å². The molecule has 1 aromatic heterocycles. The minimum atomic E-state index is -0.872. The number of carboxylic acid groups (broad SMARTS) is 1. The van der Waals surface area contributed by atoms with Crippen molar-refractivity contribution in [3.63, 3.8) is 0 Å². The van der Waals surface area contributed by atoms with E-state index in [1.165, 1.54) is 0 Å². The largest absolute Gasteiger partial charge is 0.493 e. The Bertz CT molecular complexity index is 338. The molecule has 1 atom stereocenters. The number of rotatable bonds is 7. The van der Waals surface area contributed by atoms with Crippen molar-refractivity contribution in [1.29, 1.82) is 0 Å². The van der Waals surface area contributed by atoms with Gasteiger partial charge < -0.3 is 15.2 Å². The summed E-state index contributed by atoms with van der Waals surface area (Å²) in [5.74, 6) is -0.248. The Balaban J connectivity index is 2.56. The number of carboxylic acids is 1. The van der Waals surface area contributed by atoms with Crippen molar-refractivity contribution < 1.29 is 14.6 Å². The quantitative estimate of drug-likeness (QED) is 0.702. The fourth-order valence-corrected chi connectivity index (χ4v) is 1.29. The van der Waals surface area contributed by atoms with Crippen LogP contribution in [0, 0.1) is 0 Å². The summed E-state index contributed by atoms with van der Waals surface area (Å²) in [6.45, 7) is 2.96. The van der Waals surface area contributed by atoms with Crippen LogP contribution in [0.15, 0.2) is 12.4 Å². The smallest absolute Gasteiger partial charge is 0.322 e. The van der Waals surface area contributed by atoms with Crippen LogP contribution in [0.1, 0.15) is 13.3 Å². The molecule has 0 aliphatic rings. The maximum atomic E-state index is 11.0. The van der Waals surface area contributed by atoms with Crippen molar-refractivity contribution in [1.82, 2.24) is 15.1 Å². The van der Waals surface area contributed by atoms with E-state index in [4.69, 9.17) is 9.84 Å². The standard InChI is InChI=1S/C10H17N3O3/c1-3-4-11-9(10(14)15)7-13-6-8(16-2)5-12-13/h5-6,9,11H,3-4,7H2,1-2H3,(H,14,15). The first kappa shape index (κ1) is 12.5. The second kappa shape index (κ2) is 6.12. The van der Waals surface area contributed by atoms with Crippen molar-refractivity contribution in [2.75, 3.05) is 13.7 Å². The van der Waals surface area contributed by atoms with Crippen molar-refractivity contribution >= 4 is 5.97 Å². The highest BCUT2D eigenvalue weighted by molar-refractivity contribution is 5.73. The van der Waals surface area contributed by atoms with Gasteiger partial charge in [0.25, 0.3) is 0 Å². The Morgan fingerprint density at radius 3 is 3.00 bits per heavy atom. The van der Waals surface area contributed by atoms with Gasteiger partial charge in [0.1, 0.15) is 6.04 Å². The normalized spacial score (nSPS) is 12.4. The summed E-state index contributed by atoms with van der Waals surface area (Å²) in [6.07, 6.45) is 4.12. The van der Waals surface area contributed by atoms with Gasteiger partial charge in [-0.25, -0.2) is 0 Å². The predicted octanol–water partition coefficient (Wildman–Crippen LogP) is 0.344. The van der Waals surface area contributed by atoms with Crippen LogP contribution in [0.2, 0.25) is 0 Å². The van der Waals surface area contributed by atoms with E-state index in [0.717, 1.165) is 6.42 Å². The number of carbonyl (C=O) groups is 1. The number of nitrogens with zero attached hydrogens (tertiary/aromatic N) is 2. The molecule has 0 radical (unpaired) electrons. The third-order valence-corrected chi connectivity index (χ3v) is 2.15. The molecular formula is C10H17N3O3. The van der Waals surface area contributed by atoms with E-state index in [9.17, 15) is 4.79 Å². The van der Waals surface area contributed by atoms with E-state index in [-0.39, 0.29) is 0 Å². The molecule has 0 saturated carbocycles. The Hall–Kier alpha value is -1.56. The van der Waals surface area contributed by atoms with Gasteiger partial charge >= 0.3 is 5.97 Å². The third-order valence-electron chi connectivity index (χ3n) is 2.15. The summed E-state index contributed by atoms with van der Waals surface area (Å²) in [7, 11) is 1.55. The number of aromatic nitrogens is 2. The summed E-state index contributed by atoms with van der Waals surface area (Å²) in [4.78, 5) is 11.0. The van der Waals surface area contributed by atoms with Gasteiger partial charge in [0, 0.05) is 0 Å². The summed E-state index contributed by atoms with van der Waals surface area (Å²) < 4.78 is 6.52. The highest BCUT2D eigenvalue weighted by Gasteiger charge is 2.17. The molecule has 90 valence electrons. The topological polar surface area (TPSA) is 76.4 Å². The summed E-state index contributed by atoms with van der Waals surface area (Å²) in [6, 6.07) is -0.621. The highest BCUT2D eigenvalue weighted by atomic mass is 16.5. The molecule has 0 saturated heterocycles. The van der Waals surface area contributed by atoms with Gasteiger partial charge in [-0.2, -0.15) is 5.10 Å². The van der Waals surface area contributed by atoms with Gasteiger partial charge in [0.05, 0.1) is 26.0 Å². The first-order chi connectivity index (χ1) is 7.67. The van der Waals surface area contributed by atoms with Crippen LogP contribution < -0.4 is 10.1 Å². The molecule has 0 aliphatic carbocycles. The lowest BCUT2D eigenvalue weighted by Gasteiger charge is -2.13. The Labute approximate surface area is 94.2 Å². The van der Waals surface area contributed by atoms with E-state index in [2.05, 4.69) is 10.4 Å². The van der Waals surface area contributed by atoms with Crippen molar-refractivity contribution in [3.05, 3.63) is 12.4 Å². The van der Waals surface area contributed by atoms with Crippen LogP contribution >= 0.6 is 0 Å². The fourth-order valence-electron chi connectivity index (χ4n) is 1.29. The van der Waals surface area contributed by atoms with E-state index in [1.54, 1.807) is 24.2 Å². The molecule has 1 heterocycles. The summed E-state index contributed by atoms with van der Waals surface area (Å²) in [5, 5.41) is 15.9. The lowest BCUT2D eigenvalue weighted by molar-refractivity contribution is -0.139. The number of ether oxygens (including phenoxy) is 1. The van der Waals surface area contributed by atoms with Crippen molar-refractivity contribution in [2.24, 2.45) is 0 Å². The average Bonchev–Trinajstić information content (AvgIpc) is 2.71. The zero-order valence-electron chi connectivity index (χ0n) is 9.51. The molecule has 2 N–H and O–H groups in total. The van der Waals surface area contributed by atoms with Crippen molar-refractivity contribution in [2.45, 2.75) is 25.9 Å². The molecule has 6 nitrogen and oxygen atoms in total. The van der Waals surface area contributed by atoms with Gasteiger partial charge in [-0.15, -0.1) is 0 Å². The maximum absolute atomic E-state index is 11.0. The molecule has 1 rings (SSSR count). The molecule has 6 heteroatoms. The minimum Gasteiger partial charge on any atom is -0.493 e. The molecule has 0 spiro atoms. The summed E-state index contributed by atoms with van der Waals surface area (Å²) in [5.41, 5.74) is 0. The van der Waals surface area contributed by atoms with Gasteiger partial charge in [-0.05, 0) is 13.0 Å². The van der Waals surface area contributed by atoms with Gasteiger partial charge in [0.15, 0.2) is 5.75 Å². The molecule has 0 amide bonds. The zero-order chi connectivity index (χ0) is 12.0. The molecule has 0 aliphatic heterocycles. The van der Waals surface area contributed by atoms with Crippen molar-refractivity contribution in [3.8, 4) is 5.75 Å². The number of aliphatic carboxylic acids is 1. The Kier molecular flexibility index (Phi) is 4.78. The number of nitrogens with one attached hydrogen (secondary N) is 1. The molecular weight excluding hydrogens is 210 g/mol. The second-order valence-electron chi connectivity index (χ2n) is 3.45. The van der Waals surface area contributed by atoms with Crippen LogP contribution in [-0.2, 0) is 11.3 Å². The number of methoxy groups -OCH3 is 1. The Morgan fingerprint density at radius 2 is 2.50 bits per heavy atom. The van der Waals surface area contributed by atoms with E-state index >= 15 is 0 Å². The predicted molar refractivity (Wildman–Crippen MR) is 58.5 cm³/mol. The molecule has 0 bridgehead atoms. The van der Waals surface area contributed by atoms with Crippen LogP contribution in [0.3, 0.4) is 0 Å². The monoisotopic (exact) mass is 227 g/mol. The lowest BCUT2D eigenvalue weighted by atomic mass is 10.3. The second-order valence-corrected chi connectivity index (χ2v) is 3.45. The van der Waals surface area contributed by atoms with Gasteiger partial charge in [0.2, 0.25) is 0 Å². The van der Waals surface area contributed by atoms with E-state index in [0.29, 0.717) is 18.8 Å². The number of hydrogen-bond donors (Lipinski definition) is 2. The number of hydrogen-bond acceptors (Lipinski definition) is 4. The van der Waals surface area contributed by atoms with Gasteiger partial charge in [-0.3, -0.25) is 9.48 Å². The minimum absolute atomic E-state index is 0.290. The maximum Gasteiger partial charge on any atom is 0.322 e. The van der Waals surface area contributed by atoms with Crippen LogP contribution in [0.4, 0.5) is 0 Å². The fraction of sp³-hybridized carbons (Fsp3) is 0.600. The average molecular weight is 227 g/mol. The van der Waals surface area contributed by atoms with Gasteiger partial charge in [-0.1, -0.05) is 6.92 Å². The molecule has 0 aromatic carbocycles. The van der Waals surface area contributed by atoms with Crippen LogP contribution in [-0.4, -0.2) is 40.6 Å². The lowest BCUT2D eigenvalue weighted by Crippen LogP contribution is -2.40. The zero-order valence-corrected chi connectivity index (χ0v) is 9.51. The van der Waals surface area contributed by atoms with E-state index in [1.807, 2.05) is 6.92 Å². The highest BCUT2D eigenvalue weighted by Crippen LogP contribution is 2.07. The first-order valence-electron chi connectivity index (χ1n) is 5.20. The SMILES string of the molecule is CCCNC(Cn1cc(OC)cn1)C(=O)O. The Morgan fingerprint density at radius 1 is 1.75 bits per heavy atom. The molecule has 0 fully saturated rings. The first-order valence-corrected chi connectivity index (χ1v) is 5.20. The molecule has 16 heavy (non-hydrogen) atoms. The van der Waals surface area contributed by atoms with Crippen LogP contribution in [0.5, 0.6) is 5.75 Å². The van der Waals surface area contributed by atoms with Crippen LogP contribution in [0.25, 0.3) is 0 Å². The molecule has 1 unspecified atom stereocenters. The summed E-state index contributed by atoms with van der Waals surface area (Å²) >= 11 is 0.